The van der Waals surface area contributed by atoms with Gasteiger partial charge in [0.1, 0.15) is 0 Å². The topological polar surface area (TPSA) is 6.48 Å². The number of para-hydroxylation sites is 2. The van der Waals surface area contributed by atoms with E-state index in [1.807, 2.05) is 0 Å². The highest BCUT2D eigenvalue weighted by atomic mass is 15.2. The minimum Gasteiger partial charge on any atom is -0.310 e. The second-order valence-corrected chi connectivity index (χ2v) is 19.6. The predicted octanol–water partition coefficient (Wildman–Crippen LogP) is 20.1. The maximum Gasteiger partial charge on any atom is 0.0520 e. The van der Waals surface area contributed by atoms with E-state index in [2.05, 4.69) is 282 Å². The third-order valence-corrected chi connectivity index (χ3v) is 14.9. The van der Waals surface area contributed by atoms with Crippen LogP contribution in [0.25, 0.3) is 76.5 Å². The molecule has 0 aliphatic heterocycles. The van der Waals surface area contributed by atoms with Crippen molar-refractivity contribution in [2.75, 3.05) is 9.80 Å². The van der Waals surface area contributed by atoms with Gasteiger partial charge in [0.15, 0.2) is 0 Å². The highest BCUT2D eigenvalue weighted by Crippen LogP contribution is 2.46. The van der Waals surface area contributed by atoms with E-state index in [4.69, 9.17) is 0 Å². The van der Waals surface area contributed by atoms with Crippen molar-refractivity contribution in [3.8, 4) is 33.4 Å². The Hall–Kier alpha value is -8.72. The van der Waals surface area contributed by atoms with Gasteiger partial charge in [0, 0.05) is 22.7 Å². The highest BCUT2D eigenvalue weighted by molar-refractivity contribution is 6.15. The van der Waals surface area contributed by atoms with Gasteiger partial charge in [-0.3, -0.25) is 0 Å². The van der Waals surface area contributed by atoms with Crippen molar-refractivity contribution in [2.45, 2.75) is 41.5 Å². The van der Waals surface area contributed by atoms with Crippen LogP contribution in [0.1, 0.15) is 33.4 Å². The Balaban J connectivity index is 0.905. The monoisotopic (exact) mass is 924 g/mol. The Kier molecular flexibility index (Phi) is 11.3. The fraction of sp³-hybridized carbons (Fsp3) is 0.0857. The summed E-state index contributed by atoms with van der Waals surface area (Å²) in [4.78, 5) is 4.91. The molecule has 0 bridgehead atoms. The summed E-state index contributed by atoms with van der Waals surface area (Å²) in [6, 6.07) is 85.2. The van der Waals surface area contributed by atoms with Crippen molar-refractivity contribution < 1.29 is 0 Å². The van der Waals surface area contributed by atoms with Crippen LogP contribution in [-0.2, 0) is 0 Å². The van der Waals surface area contributed by atoms with Crippen LogP contribution in [0.15, 0.2) is 231 Å². The smallest absolute Gasteiger partial charge is 0.0520 e. The van der Waals surface area contributed by atoms with Gasteiger partial charge in [-0.05, 0) is 212 Å². The van der Waals surface area contributed by atoms with Crippen LogP contribution >= 0.6 is 0 Å². The summed E-state index contributed by atoms with van der Waals surface area (Å²) in [6.45, 7) is 13.4. The summed E-state index contributed by atoms with van der Waals surface area (Å²) >= 11 is 0. The van der Waals surface area contributed by atoms with Crippen molar-refractivity contribution in [2.24, 2.45) is 0 Å². The van der Waals surface area contributed by atoms with Crippen LogP contribution in [0.3, 0.4) is 0 Å². The van der Waals surface area contributed by atoms with Crippen molar-refractivity contribution in [3.05, 3.63) is 264 Å². The molecule has 12 rings (SSSR count). The molecular weight excluding hydrogens is 869 g/mol. The van der Waals surface area contributed by atoms with Gasteiger partial charge in [-0.2, -0.15) is 0 Å². The van der Waals surface area contributed by atoms with Gasteiger partial charge in [0.25, 0.3) is 0 Å². The van der Waals surface area contributed by atoms with Crippen LogP contribution in [0, 0.1) is 41.5 Å². The molecule has 0 heterocycles. The Labute approximate surface area is 423 Å². The Bertz CT molecular complexity index is 3740. The second-order valence-electron chi connectivity index (χ2n) is 19.6. The molecule has 2 heteroatoms. The maximum atomic E-state index is 2.45. The molecule has 0 atom stereocenters. The van der Waals surface area contributed by atoms with E-state index in [1.54, 1.807) is 0 Å². The van der Waals surface area contributed by atoms with E-state index in [-0.39, 0.29) is 0 Å². The van der Waals surface area contributed by atoms with Gasteiger partial charge in [-0.15, -0.1) is 0 Å². The number of rotatable bonds is 9. The van der Waals surface area contributed by atoms with Crippen LogP contribution in [0.4, 0.5) is 34.1 Å². The first-order valence-corrected chi connectivity index (χ1v) is 25.2. The number of anilines is 6. The largest absolute Gasteiger partial charge is 0.310 e. The van der Waals surface area contributed by atoms with E-state index in [0.717, 1.165) is 22.7 Å². The first-order chi connectivity index (χ1) is 35.2. The Morgan fingerprint density at radius 1 is 0.236 bits per heavy atom. The lowest BCUT2D eigenvalue weighted by molar-refractivity contribution is 1.20. The molecule has 0 N–H and O–H groups in total. The van der Waals surface area contributed by atoms with Gasteiger partial charge in [0.05, 0.1) is 11.4 Å². The third-order valence-electron chi connectivity index (χ3n) is 14.9. The minimum absolute atomic E-state index is 1.13. The molecule has 0 saturated heterocycles. The molecule has 0 radical (unpaired) electrons. The SMILES string of the molecule is Cc1cc(-c2ccc(N(c3ccc(-c4cc5ccccc5c5ccccc45)cc3)c3c(C)cccc3C)c(C)c2)ccc1N(c1ccc(-c2cc3ccccc3c3ccccc23)cc1)c1c(C)cccc1C. The van der Waals surface area contributed by atoms with Crippen LogP contribution in [-0.4, -0.2) is 0 Å². The molecule has 2 nitrogen and oxygen atoms in total. The fourth-order valence-corrected chi connectivity index (χ4v) is 11.4. The minimum atomic E-state index is 1.13. The number of benzene rings is 12. The first kappa shape index (κ1) is 44.5. The van der Waals surface area contributed by atoms with E-state index in [1.165, 1.54) is 121 Å². The van der Waals surface area contributed by atoms with Crippen molar-refractivity contribution in [1.82, 2.24) is 0 Å². The summed E-state index contributed by atoms with van der Waals surface area (Å²) in [5, 5.41) is 10.2. The number of nitrogens with zero attached hydrogens (tertiary/aromatic N) is 2. The Morgan fingerprint density at radius 2 is 0.556 bits per heavy atom. The lowest BCUT2D eigenvalue weighted by Gasteiger charge is -2.31. The predicted molar refractivity (Wildman–Crippen MR) is 311 cm³/mol. The quantitative estimate of drug-likeness (QED) is 0.133. The molecule has 0 aliphatic rings. The summed E-state index contributed by atoms with van der Waals surface area (Å²) in [7, 11) is 0. The van der Waals surface area contributed by atoms with E-state index in [9.17, 15) is 0 Å². The van der Waals surface area contributed by atoms with Gasteiger partial charge in [-0.25, -0.2) is 0 Å². The second kappa shape index (κ2) is 18.2. The first-order valence-electron chi connectivity index (χ1n) is 25.2. The molecule has 12 aromatic carbocycles. The molecule has 0 amide bonds. The van der Waals surface area contributed by atoms with Crippen molar-refractivity contribution in [3.63, 3.8) is 0 Å². The molecule has 0 unspecified atom stereocenters. The fourth-order valence-electron chi connectivity index (χ4n) is 11.4. The molecule has 346 valence electrons. The van der Waals surface area contributed by atoms with Crippen LogP contribution in [0.5, 0.6) is 0 Å². The normalized spacial score (nSPS) is 11.5. The molecule has 12 aromatic rings. The van der Waals surface area contributed by atoms with Gasteiger partial charge >= 0.3 is 0 Å². The molecule has 0 spiro atoms. The zero-order valence-electron chi connectivity index (χ0n) is 41.8. The lowest BCUT2D eigenvalue weighted by Crippen LogP contribution is -2.14. The molecule has 72 heavy (non-hydrogen) atoms. The van der Waals surface area contributed by atoms with Gasteiger partial charge in [-0.1, -0.05) is 170 Å². The molecule has 0 aromatic heterocycles. The van der Waals surface area contributed by atoms with Crippen molar-refractivity contribution in [1.29, 1.82) is 0 Å². The zero-order chi connectivity index (χ0) is 49.0. The molecule has 0 aliphatic carbocycles. The summed E-state index contributed by atoms with van der Waals surface area (Å²) in [5.41, 5.74) is 21.6. The maximum absolute atomic E-state index is 2.45. The average Bonchev–Trinajstić information content (AvgIpc) is 3.41. The van der Waals surface area contributed by atoms with E-state index < -0.39 is 0 Å². The van der Waals surface area contributed by atoms with Crippen LogP contribution < -0.4 is 9.80 Å². The van der Waals surface area contributed by atoms with Gasteiger partial charge in [0.2, 0.25) is 0 Å². The lowest BCUT2D eigenvalue weighted by atomic mass is 9.93. The van der Waals surface area contributed by atoms with Crippen LogP contribution in [0.2, 0.25) is 0 Å². The number of aryl methyl sites for hydroxylation is 6. The van der Waals surface area contributed by atoms with Crippen molar-refractivity contribution >= 4 is 77.2 Å². The molecule has 0 fully saturated rings. The molecule has 0 saturated carbocycles. The van der Waals surface area contributed by atoms with Gasteiger partial charge < -0.3 is 9.80 Å². The molecular formula is C70H56N2. The summed E-state index contributed by atoms with van der Waals surface area (Å²) in [6.07, 6.45) is 0. The summed E-state index contributed by atoms with van der Waals surface area (Å²) < 4.78 is 0. The van der Waals surface area contributed by atoms with E-state index in [0.29, 0.717) is 0 Å². The standard InChI is InChI=1S/C70H56N2/c1-45-17-15-18-46(2)69(45)71(57-35-29-51(30-36-57)65-43-55-21-7-9-23-59(55)61-25-11-13-27-63(61)65)67-39-33-53(41-49(67)5)54-34-40-68(50(6)42-54)72(70-47(3)19-16-20-48(70)4)58-37-31-52(32-38-58)66-44-56-22-8-10-24-60(56)62-26-12-14-28-64(62)66/h7-44H,1-6H3. The number of hydrogen-bond donors (Lipinski definition) is 0. The van der Waals surface area contributed by atoms with E-state index >= 15 is 0 Å². The number of hydrogen-bond acceptors (Lipinski definition) is 2. The highest BCUT2D eigenvalue weighted by Gasteiger charge is 2.22. The third kappa shape index (κ3) is 7.77. The number of fused-ring (bicyclic) bond motifs is 6. The summed E-state index contributed by atoms with van der Waals surface area (Å²) in [5.74, 6) is 0. The zero-order valence-corrected chi connectivity index (χ0v) is 41.8. The Morgan fingerprint density at radius 3 is 0.917 bits per heavy atom. The average molecular weight is 925 g/mol.